The molecule has 0 spiro atoms. The topological polar surface area (TPSA) is 68.7 Å². The summed E-state index contributed by atoms with van der Waals surface area (Å²) in [6.45, 7) is 2.35. The van der Waals surface area contributed by atoms with Gasteiger partial charge in [-0.25, -0.2) is 13.4 Å². The quantitative estimate of drug-likeness (QED) is 0.714. The van der Waals surface area contributed by atoms with E-state index in [-0.39, 0.29) is 25.8 Å². The standard InChI is InChI=1S/C16H17F3N2O4S2/c1-11-20-12(10-26-11)9-24-13-6-7-21(8-13)27(22,23)15-5-3-2-4-14(15)25-16(17,18)19/h2-5,10,13H,6-9H2,1H3. The fourth-order valence-electron chi connectivity index (χ4n) is 2.74. The smallest absolute Gasteiger partial charge is 0.404 e. The van der Waals surface area contributed by atoms with Crippen LogP contribution < -0.4 is 4.74 Å². The lowest BCUT2D eigenvalue weighted by Crippen LogP contribution is -2.31. The minimum Gasteiger partial charge on any atom is -0.404 e. The fourth-order valence-corrected chi connectivity index (χ4v) is 4.94. The van der Waals surface area contributed by atoms with Crippen molar-refractivity contribution >= 4 is 21.4 Å². The molecule has 1 unspecified atom stereocenters. The van der Waals surface area contributed by atoms with Crippen molar-refractivity contribution in [2.45, 2.75) is 37.3 Å². The van der Waals surface area contributed by atoms with Crippen LogP contribution in [0.3, 0.4) is 0 Å². The van der Waals surface area contributed by atoms with Crippen LogP contribution in [0.1, 0.15) is 17.1 Å². The number of aryl methyl sites for hydroxylation is 1. The summed E-state index contributed by atoms with van der Waals surface area (Å²) in [7, 11) is -4.14. The lowest BCUT2D eigenvalue weighted by molar-refractivity contribution is -0.275. The van der Waals surface area contributed by atoms with Crippen molar-refractivity contribution in [1.82, 2.24) is 9.29 Å². The molecule has 11 heteroatoms. The van der Waals surface area contributed by atoms with Gasteiger partial charge in [0.15, 0.2) is 0 Å². The van der Waals surface area contributed by atoms with Crippen LogP contribution in [0.4, 0.5) is 13.2 Å². The third kappa shape index (κ3) is 4.98. The predicted molar refractivity (Wildman–Crippen MR) is 91.9 cm³/mol. The monoisotopic (exact) mass is 422 g/mol. The number of halogens is 3. The maximum absolute atomic E-state index is 12.8. The molecule has 1 aromatic carbocycles. The van der Waals surface area contributed by atoms with Gasteiger partial charge in [0.25, 0.3) is 0 Å². The SMILES string of the molecule is Cc1nc(COC2CCN(S(=O)(=O)c3ccccc3OC(F)(F)F)C2)cs1. The Morgan fingerprint density at radius 1 is 1.33 bits per heavy atom. The van der Waals surface area contributed by atoms with Crippen LogP contribution in [-0.4, -0.2) is 43.3 Å². The number of nitrogens with zero attached hydrogens (tertiary/aromatic N) is 2. The van der Waals surface area contributed by atoms with Gasteiger partial charge in [-0.15, -0.1) is 24.5 Å². The second-order valence-electron chi connectivity index (χ2n) is 5.94. The van der Waals surface area contributed by atoms with Crippen LogP contribution in [-0.2, 0) is 21.4 Å². The third-order valence-corrected chi connectivity index (χ3v) is 6.66. The Balaban J connectivity index is 1.69. The molecule has 1 aliphatic rings. The van der Waals surface area contributed by atoms with Crippen molar-refractivity contribution < 1.29 is 31.1 Å². The predicted octanol–water partition coefficient (Wildman–Crippen LogP) is 3.33. The van der Waals surface area contributed by atoms with Crippen LogP contribution in [0.15, 0.2) is 34.5 Å². The summed E-state index contributed by atoms with van der Waals surface area (Å²) in [5.41, 5.74) is 0.766. The molecule has 0 aliphatic carbocycles. The van der Waals surface area contributed by atoms with E-state index in [1.54, 1.807) is 0 Å². The van der Waals surface area contributed by atoms with Gasteiger partial charge >= 0.3 is 6.36 Å². The molecule has 3 rings (SSSR count). The summed E-state index contributed by atoms with van der Waals surface area (Å²) < 4.78 is 73.9. The van der Waals surface area contributed by atoms with Crippen molar-refractivity contribution in [3.05, 3.63) is 40.3 Å². The average Bonchev–Trinajstić information content (AvgIpc) is 3.21. The fraction of sp³-hybridized carbons (Fsp3) is 0.438. The number of para-hydroxylation sites is 1. The number of rotatable bonds is 6. The number of ether oxygens (including phenoxy) is 2. The molecule has 2 heterocycles. The average molecular weight is 422 g/mol. The Kier molecular flexibility index (Phi) is 5.75. The van der Waals surface area contributed by atoms with Crippen molar-refractivity contribution in [3.8, 4) is 5.75 Å². The Hall–Kier alpha value is -1.69. The molecule has 1 fully saturated rings. The molecule has 2 aromatic rings. The van der Waals surface area contributed by atoms with Crippen molar-refractivity contribution in [2.75, 3.05) is 13.1 Å². The van der Waals surface area contributed by atoms with Gasteiger partial charge in [-0.1, -0.05) is 12.1 Å². The highest BCUT2D eigenvalue weighted by Crippen LogP contribution is 2.32. The molecular weight excluding hydrogens is 405 g/mol. The summed E-state index contributed by atoms with van der Waals surface area (Å²) in [6, 6.07) is 4.72. The molecule has 0 radical (unpaired) electrons. The van der Waals surface area contributed by atoms with Crippen LogP contribution in [0, 0.1) is 6.92 Å². The van der Waals surface area contributed by atoms with Crippen molar-refractivity contribution in [2.24, 2.45) is 0 Å². The Bertz CT molecular complexity index is 899. The number of alkyl halides is 3. The summed E-state index contributed by atoms with van der Waals surface area (Å²) in [6.07, 6.45) is -4.88. The first kappa shape index (κ1) is 20.1. The number of benzene rings is 1. The zero-order valence-corrected chi connectivity index (χ0v) is 15.9. The number of hydrogen-bond donors (Lipinski definition) is 0. The summed E-state index contributed by atoms with van der Waals surface area (Å²) in [5.74, 6) is -0.743. The summed E-state index contributed by atoms with van der Waals surface area (Å²) in [5, 5.41) is 2.77. The third-order valence-electron chi connectivity index (χ3n) is 3.93. The lowest BCUT2D eigenvalue weighted by Gasteiger charge is -2.19. The molecule has 1 aliphatic heterocycles. The van der Waals surface area contributed by atoms with E-state index in [1.807, 2.05) is 12.3 Å². The molecule has 0 amide bonds. The Morgan fingerprint density at radius 2 is 2.07 bits per heavy atom. The van der Waals surface area contributed by atoms with Crippen LogP contribution in [0.5, 0.6) is 5.75 Å². The van der Waals surface area contributed by atoms with E-state index < -0.39 is 27.0 Å². The molecule has 1 atom stereocenters. The van der Waals surface area contributed by atoms with Crippen LogP contribution in [0.2, 0.25) is 0 Å². The zero-order valence-electron chi connectivity index (χ0n) is 14.3. The zero-order chi connectivity index (χ0) is 19.7. The van der Waals surface area contributed by atoms with Crippen LogP contribution >= 0.6 is 11.3 Å². The number of hydrogen-bond acceptors (Lipinski definition) is 6. The van der Waals surface area contributed by atoms with Gasteiger partial charge in [0, 0.05) is 18.5 Å². The number of sulfonamides is 1. The first-order valence-electron chi connectivity index (χ1n) is 8.03. The highest BCUT2D eigenvalue weighted by molar-refractivity contribution is 7.89. The normalized spacial score (nSPS) is 18.7. The molecule has 1 aromatic heterocycles. The highest BCUT2D eigenvalue weighted by atomic mass is 32.2. The molecule has 6 nitrogen and oxygen atoms in total. The molecule has 27 heavy (non-hydrogen) atoms. The summed E-state index contributed by atoms with van der Waals surface area (Å²) >= 11 is 1.49. The molecule has 0 N–H and O–H groups in total. The van der Waals surface area contributed by atoms with Crippen molar-refractivity contribution in [1.29, 1.82) is 0 Å². The first-order chi connectivity index (χ1) is 12.6. The van der Waals surface area contributed by atoms with Gasteiger partial charge < -0.3 is 9.47 Å². The van der Waals surface area contributed by atoms with Gasteiger partial charge in [0.2, 0.25) is 10.0 Å². The summed E-state index contributed by atoms with van der Waals surface area (Å²) in [4.78, 5) is 3.76. The van der Waals surface area contributed by atoms with Gasteiger partial charge in [0.05, 0.1) is 23.4 Å². The maximum Gasteiger partial charge on any atom is 0.573 e. The molecule has 148 valence electrons. The van der Waals surface area contributed by atoms with Crippen LogP contribution in [0.25, 0.3) is 0 Å². The largest absolute Gasteiger partial charge is 0.573 e. The van der Waals surface area contributed by atoms with E-state index >= 15 is 0 Å². The Labute approximate surface area is 158 Å². The lowest BCUT2D eigenvalue weighted by atomic mass is 10.3. The molecular formula is C16H17F3N2O4S2. The highest BCUT2D eigenvalue weighted by Gasteiger charge is 2.38. The first-order valence-corrected chi connectivity index (χ1v) is 10.3. The molecule has 1 saturated heterocycles. The minimum absolute atomic E-state index is 0.0613. The van der Waals surface area contributed by atoms with E-state index in [9.17, 15) is 21.6 Å². The van der Waals surface area contributed by atoms with Gasteiger partial charge in [0.1, 0.15) is 10.6 Å². The van der Waals surface area contributed by atoms with E-state index in [1.165, 1.54) is 23.5 Å². The van der Waals surface area contributed by atoms with E-state index in [4.69, 9.17) is 4.74 Å². The molecule has 0 saturated carbocycles. The maximum atomic E-state index is 12.8. The van der Waals surface area contributed by atoms with E-state index in [0.29, 0.717) is 6.42 Å². The minimum atomic E-state index is -4.98. The van der Waals surface area contributed by atoms with Crippen molar-refractivity contribution in [3.63, 3.8) is 0 Å². The van der Waals surface area contributed by atoms with Gasteiger partial charge in [-0.3, -0.25) is 0 Å². The Morgan fingerprint density at radius 3 is 2.74 bits per heavy atom. The number of thiazole rings is 1. The molecule has 0 bridgehead atoms. The number of aromatic nitrogens is 1. The second kappa shape index (κ2) is 7.74. The van der Waals surface area contributed by atoms with Gasteiger partial charge in [-0.05, 0) is 25.5 Å². The van der Waals surface area contributed by atoms with Gasteiger partial charge in [-0.2, -0.15) is 4.31 Å². The second-order valence-corrected chi connectivity index (χ2v) is 8.91. The van der Waals surface area contributed by atoms with E-state index in [0.717, 1.165) is 27.1 Å². The van der Waals surface area contributed by atoms with E-state index in [2.05, 4.69) is 9.72 Å².